The Morgan fingerprint density at radius 3 is 2.59 bits per heavy atom. The molecule has 3 rings (SSSR count). The van der Waals surface area contributed by atoms with Gasteiger partial charge in [-0.15, -0.1) is 0 Å². The average Bonchev–Trinajstić information content (AvgIpc) is 3.23. The third-order valence-electron chi connectivity index (χ3n) is 3.84. The third-order valence-corrected chi connectivity index (χ3v) is 4.40. The van der Waals surface area contributed by atoms with Crippen LogP contribution in [0.4, 0.5) is 11.4 Å². The lowest BCUT2D eigenvalue weighted by atomic mass is 10.2. The number of rotatable bonds is 6. The molecule has 0 fully saturated rings. The summed E-state index contributed by atoms with van der Waals surface area (Å²) in [6.45, 7) is 0. The summed E-state index contributed by atoms with van der Waals surface area (Å²) >= 11 is 11.9. The quantitative estimate of drug-likeness (QED) is 0.505. The summed E-state index contributed by atoms with van der Waals surface area (Å²) in [6.07, 6.45) is 4.35. The van der Waals surface area contributed by atoms with E-state index in [2.05, 4.69) is 10.6 Å². The van der Waals surface area contributed by atoms with E-state index in [0.717, 1.165) is 0 Å². The lowest BCUT2D eigenvalue weighted by Gasteiger charge is -2.11. The zero-order chi connectivity index (χ0) is 20.8. The molecule has 0 atom stereocenters. The van der Waals surface area contributed by atoms with E-state index in [1.807, 2.05) is 0 Å². The van der Waals surface area contributed by atoms with Crippen LogP contribution in [0.1, 0.15) is 16.1 Å². The standard InChI is InChI=1S/C21H16Cl2N2O4/c1-28-19-12-15(7-8-17(19)25-21(27)18-3-2-10-29-18)24-20(26)9-5-13-4-6-14(22)11-16(13)23/h2-12H,1H3,(H,24,26)(H,25,27)/b9-5+. The van der Waals surface area contributed by atoms with Crippen LogP contribution in [0, 0.1) is 0 Å². The predicted molar refractivity (Wildman–Crippen MR) is 114 cm³/mol. The van der Waals surface area contributed by atoms with Crippen molar-refractivity contribution in [2.45, 2.75) is 0 Å². The first-order valence-electron chi connectivity index (χ1n) is 8.43. The number of hydrogen-bond donors (Lipinski definition) is 2. The number of amides is 2. The van der Waals surface area contributed by atoms with E-state index in [9.17, 15) is 9.59 Å². The van der Waals surface area contributed by atoms with Gasteiger partial charge in [-0.3, -0.25) is 9.59 Å². The van der Waals surface area contributed by atoms with Crippen molar-refractivity contribution in [1.82, 2.24) is 0 Å². The number of carbonyl (C=O) groups excluding carboxylic acids is 2. The van der Waals surface area contributed by atoms with Crippen LogP contribution in [0.15, 0.2) is 65.3 Å². The number of carbonyl (C=O) groups is 2. The van der Waals surface area contributed by atoms with Gasteiger partial charge in [0.15, 0.2) is 5.76 Å². The van der Waals surface area contributed by atoms with Crippen LogP contribution >= 0.6 is 23.2 Å². The molecule has 0 bridgehead atoms. The predicted octanol–water partition coefficient (Wildman–Crippen LogP) is 5.50. The molecular weight excluding hydrogens is 415 g/mol. The maximum absolute atomic E-state index is 12.2. The van der Waals surface area contributed by atoms with E-state index >= 15 is 0 Å². The number of anilines is 2. The second kappa shape index (κ2) is 9.32. The third kappa shape index (κ3) is 5.40. The van der Waals surface area contributed by atoms with Gasteiger partial charge in [0.25, 0.3) is 5.91 Å². The zero-order valence-corrected chi connectivity index (χ0v) is 16.8. The van der Waals surface area contributed by atoms with Crippen molar-refractivity contribution in [1.29, 1.82) is 0 Å². The zero-order valence-electron chi connectivity index (χ0n) is 15.2. The van der Waals surface area contributed by atoms with Crippen molar-refractivity contribution in [3.8, 4) is 5.75 Å². The molecular formula is C21H16Cl2N2O4. The Morgan fingerprint density at radius 1 is 1.07 bits per heavy atom. The second-order valence-corrected chi connectivity index (χ2v) is 6.68. The Morgan fingerprint density at radius 2 is 1.90 bits per heavy atom. The van der Waals surface area contributed by atoms with E-state index in [-0.39, 0.29) is 11.7 Å². The molecule has 2 aromatic carbocycles. The van der Waals surface area contributed by atoms with Crippen molar-refractivity contribution >= 4 is 52.5 Å². The Kier molecular flexibility index (Phi) is 6.59. The summed E-state index contributed by atoms with van der Waals surface area (Å²) in [7, 11) is 1.46. The summed E-state index contributed by atoms with van der Waals surface area (Å²) in [6, 6.07) is 13.0. The number of nitrogens with one attached hydrogen (secondary N) is 2. The number of halogens is 2. The number of furan rings is 1. The van der Waals surface area contributed by atoms with Crippen molar-refractivity contribution in [2.75, 3.05) is 17.7 Å². The molecule has 1 aromatic heterocycles. The lowest BCUT2D eigenvalue weighted by molar-refractivity contribution is -0.111. The molecule has 0 aliphatic heterocycles. The van der Waals surface area contributed by atoms with Crippen LogP contribution in [0.25, 0.3) is 6.08 Å². The molecule has 148 valence electrons. The summed E-state index contributed by atoms with van der Waals surface area (Å²) in [5.74, 6) is -0.207. The topological polar surface area (TPSA) is 80.6 Å². The van der Waals surface area contributed by atoms with Gasteiger partial charge in [0.05, 0.1) is 19.1 Å². The van der Waals surface area contributed by atoms with E-state index in [1.165, 1.54) is 19.4 Å². The summed E-state index contributed by atoms with van der Waals surface area (Å²) < 4.78 is 10.4. The Labute approximate surface area is 177 Å². The molecule has 0 radical (unpaired) electrons. The minimum Gasteiger partial charge on any atom is -0.494 e. The van der Waals surface area contributed by atoms with Crippen LogP contribution < -0.4 is 15.4 Å². The van der Waals surface area contributed by atoms with Gasteiger partial charge in [-0.25, -0.2) is 0 Å². The first-order valence-corrected chi connectivity index (χ1v) is 9.19. The Bertz CT molecular complexity index is 1060. The molecule has 2 amide bonds. The fourth-order valence-electron chi connectivity index (χ4n) is 2.45. The number of methoxy groups -OCH3 is 1. The molecule has 0 saturated carbocycles. The molecule has 1 heterocycles. The summed E-state index contributed by atoms with van der Waals surface area (Å²) in [4.78, 5) is 24.3. The van der Waals surface area contributed by atoms with Crippen molar-refractivity contribution in [3.05, 3.63) is 82.2 Å². The number of ether oxygens (including phenoxy) is 1. The maximum Gasteiger partial charge on any atom is 0.291 e. The summed E-state index contributed by atoms with van der Waals surface area (Å²) in [5, 5.41) is 6.37. The fraction of sp³-hybridized carbons (Fsp3) is 0.0476. The maximum atomic E-state index is 12.2. The molecule has 0 saturated heterocycles. The van der Waals surface area contributed by atoms with E-state index in [0.29, 0.717) is 32.7 Å². The van der Waals surface area contributed by atoms with Gasteiger partial charge >= 0.3 is 0 Å². The Balaban J connectivity index is 1.68. The second-order valence-electron chi connectivity index (χ2n) is 5.83. The van der Waals surface area contributed by atoms with Crippen LogP contribution in [0.3, 0.4) is 0 Å². The molecule has 0 spiro atoms. The molecule has 2 N–H and O–H groups in total. The molecule has 29 heavy (non-hydrogen) atoms. The van der Waals surface area contributed by atoms with Crippen LogP contribution in [-0.2, 0) is 4.79 Å². The minimum absolute atomic E-state index is 0.176. The van der Waals surface area contributed by atoms with Crippen molar-refractivity contribution < 1.29 is 18.7 Å². The molecule has 6 nitrogen and oxygen atoms in total. The van der Waals surface area contributed by atoms with Gasteiger partial charge in [0, 0.05) is 27.9 Å². The highest BCUT2D eigenvalue weighted by Gasteiger charge is 2.13. The largest absolute Gasteiger partial charge is 0.494 e. The molecule has 0 aliphatic carbocycles. The first-order chi connectivity index (χ1) is 14.0. The van der Waals surface area contributed by atoms with E-state index in [1.54, 1.807) is 54.6 Å². The molecule has 8 heteroatoms. The van der Waals surface area contributed by atoms with E-state index < -0.39 is 5.91 Å². The minimum atomic E-state index is -0.409. The molecule has 0 unspecified atom stereocenters. The fourth-order valence-corrected chi connectivity index (χ4v) is 2.92. The summed E-state index contributed by atoms with van der Waals surface area (Å²) in [5.41, 5.74) is 1.60. The molecule has 3 aromatic rings. The molecule has 0 aliphatic rings. The highest BCUT2D eigenvalue weighted by atomic mass is 35.5. The van der Waals surface area contributed by atoms with Gasteiger partial charge in [0.2, 0.25) is 5.91 Å². The van der Waals surface area contributed by atoms with Crippen LogP contribution in [-0.4, -0.2) is 18.9 Å². The Hall–Kier alpha value is -3.22. The lowest BCUT2D eigenvalue weighted by Crippen LogP contribution is -2.12. The highest BCUT2D eigenvalue weighted by Crippen LogP contribution is 2.28. The van der Waals surface area contributed by atoms with Gasteiger partial charge in [0.1, 0.15) is 5.75 Å². The van der Waals surface area contributed by atoms with E-state index in [4.69, 9.17) is 32.4 Å². The smallest absolute Gasteiger partial charge is 0.291 e. The first kappa shape index (κ1) is 20.5. The van der Waals surface area contributed by atoms with Gasteiger partial charge in [-0.2, -0.15) is 0 Å². The van der Waals surface area contributed by atoms with Crippen molar-refractivity contribution in [2.24, 2.45) is 0 Å². The van der Waals surface area contributed by atoms with Crippen molar-refractivity contribution in [3.63, 3.8) is 0 Å². The number of benzene rings is 2. The van der Waals surface area contributed by atoms with Gasteiger partial charge < -0.3 is 19.8 Å². The number of hydrogen-bond acceptors (Lipinski definition) is 4. The van der Waals surface area contributed by atoms with Crippen LogP contribution in [0.2, 0.25) is 10.0 Å². The SMILES string of the molecule is COc1cc(NC(=O)/C=C/c2ccc(Cl)cc2Cl)ccc1NC(=O)c1ccco1. The van der Waals surface area contributed by atoms with Gasteiger partial charge in [-0.1, -0.05) is 29.3 Å². The average molecular weight is 431 g/mol. The monoisotopic (exact) mass is 430 g/mol. The highest BCUT2D eigenvalue weighted by molar-refractivity contribution is 6.35. The van der Waals surface area contributed by atoms with Gasteiger partial charge in [-0.05, 0) is 48.0 Å². The normalized spacial score (nSPS) is 10.7. The van der Waals surface area contributed by atoms with Crippen LogP contribution in [0.5, 0.6) is 5.75 Å².